The summed E-state index contributed by atoms with van der Waals surface area (Å²) in [7, 11) is 0. The van der Waals surface area contributed by atoms with Crippen LogP contribution in [0.1, 0.15) is 23.9 Å². The van der Waals surface area contributed by atoms with Gasteiger partial charge in [0.25, 0.3) is 0 Å². The Morgan fingerprint density at radius 2 is 2.15 bits per heavy atom. The molecule has 0 aliphatic rings. The van der Waals surface area contributed by atoms with E-state index in [-0.39, 0.29) is 0 Å². The summed E-state index contributed by atoms with van der Waals surface area (Å²) in [5.74, 6) is 0.862. The standard InChI is InChI=1S/C16H21N3O/c1-3-17-12-15-16(7-6-13(2)19-15)20-10-8-14-5-4-9-18-11-14/h4-7,9,11,17H,3,8,10,12H2,1-2H3. The van der Waals surface area contributed by atoms with Crippen LogP contribution in [0, 0.1) is 6.92 Å². The summed E-state index contributed by atoms with van der Waals surface area (Å²) in [4.78, 5) is 8.64. The van der Waals surface area contributed by atoms with E-state index in [2.05, 4.69) is 28.3 Å². The Kier molecular flexibility index (Phi) is 5.50. The molecule has 0 aliphatic heterocycles. The topological polar surface area (TPSA) is 47.0 Å². The molecule has 2 heterocycles. The van der Waals surface area contributed by atoms with Gasteiger partial charge in [0, 0.05) is 31.1 Å². The minimum Gasteiger partial charge on any atom is -0.491 e. The minimum absolute atomic E-state index is 0.634. The Morgan fingerprint density at radius 3 is 2.90 bits per heavy atom. The van der Waals surface area contributed by atoms with Gasteiger partial charge in [0.2, 0.25) is 0 Å². The SMILES string of the molecule is CCNCc1nc(C)ccc1OCCc1cccnc1. The summed E-state index contributed by atoms with van der Waals surface area (Å²) in [6.45, 7) is 6.37. The lowest BCUT2D eigenvalue weighted by Crippen LogP contribution is -2.15. The van der Waals surface area contributed by atoms with E-state index < -0.39 is 0 Å². The maximum atomic E-state index is 5.86. The van der Waals surface area contributed by atoms with E-state index in [0.29, 0.717) is 6.61 Å². The number of rotatable bonds is 7. The van der Waals surface area contributed by atoms with Crippen LogP contribution in [0.15, 0.2) is 36.7 Å². The van der Waals surface area contributed by atoms with Crippen molar-refractivity contribution in [2.24, 2.45) is 0 Å². The second kappa shape index (κ2) is 7.60. The fourth-order valence-electron chi connectivity index (χ4n) is 1.92. The van der Waals surface area contributed by atoms with E-state index >= 15 is 0 Å². The zero-order chi connectivity index (χ0) is 14.2. The Balaban J connectivity index is 1.94. The normalized spacial score (nSPS) is 10.5. The molecular weight excluding hydrogens is 250 g/mol. The molecule has 4 nitrogen and oxygen atoms in total. The van der Waals surface area contributed by atoms with Gasteiger partial charge >= 0.3 is 0 Å². The number of aryl methyl sites for hydroxylation is 1. The molecule has 2 rings (SSSR count). The van der Waals surface area contributed by atoms with E-state index in [1.165, 1.54) is 5.56 Å². The summed E-state index contributed by atoms with van der Waals surface area (Å²) in [5.41, 5.74) is 3.16. The Labute approximate surface area is 120 Å². The molecule has 0 radical (unpaired) electrons. The molecule has 4 heteroatoms. The highest BCUT2D eigenvalue weighted by molar-refractivity contribution is 5.29. The van der Waals surface area contributed by atoms with Gasteiger partial charge in [0.05, 0.1) is 12.3 Å². The molecule has 0 amide bonds. The molecule has 2 aromatic rings. The van der Waals surface area contributed by atoms with Gasteiger partial charge in [0.1, 0.15) is 5.75 Å². The maximum Gasteiger partial charge on any atom is 0.142 e. The minimum atomic E-state index is 0.634. The molecule has 0 atom stereocenters. The zero-order valence-electron chi connectivity index (χ0n) is 12.1. The van der Waals surface area contributed by atoms with Crippen molar-refractivity contribution in [2.45, 2.75) is 26.8 Å². The first-order valence-corrected chi connectivity index (χ1v) is 6.98. The highest BCUT2D eigenvalue weighted by Crippen LogP contribution is 2.17. The lowest BCUT2D eigenvalue weighted by atomic mass is 10.2. The highest BCUT2D eigenvalue weighted by atomic mass is 16.5. The molecule has 0 bridgehead atoms. The lowest BCUT2D eigenvalue weighted by molar-refractivity contribution is 0.315. The third kappa shape index (κ3) is 4.31. The van der Waals surface area contributed by atoms with Gasteiger partial charge in [0.15, 0.2) is 0 Å². The number of hydrogen-bond donors (Lipinski definition) is 1. The number of nitrogens with one attached hydrogen (secondary N) is 1. The second-order valence-electron chi connectivity index (χ2n) is 4.64. The van der Waals surface area contributed by atoms with Gasteiger partial charge < -0.3 is 10.1 Å². The summed E-state index contributed by atoms with van der Waals surface area (Å²) < 4.78 is 5.86. The first-order chi connectivity index (χ1) is 9.79. The van der Waals surface area contributed by atoms with Crippen LogP contribution in [0.4, 0.5) is 0 Å². The van der Waals surface area contributed by atoms with Gasteiger partial charge in [-0.1, -0.05) is 13.0 Å². The van der Waals surface area contributed by atoms with Crippen molar-refractivity contribution < 1.29 is 4.74 Å². The van der Waals surface area contributed by atoms with Crippen LogP contribution >= 0.6 is 0 Å². The van der Waals surface area contributed by atoms with Crippen molar-refractivity contribution >= 4 is 0 Å². The summed E-state index contributed by atoms with van der Waals surface area (Å²) in [6, 6.07) is 7.98. The fourth-order valence-corrected chi connectivity index (χ4v) is 1.92. The highest BCUT2D eigenvalue weighted by Gasteiger charge is 2.05. The van der Waals surface area contributed by atoms with Crippen molar-refractivity contribution in [3.8, 4) is 5.75 Å². The van der Waals surface area contributed by atoms with E-state index in [1.807, 2.05) is 31.3 Å². The third-order valence-electron chi connectivity index (χ3n) is 2.99. The van der Waals surface area contributed by atoms with Gasteiger partial charge in [-0.15, -0.1) is 0 Å². The third-order valence-corrected chi connectivity index (χ3v) is 2.99. The molecule has 0 saturated carbocycles. The molecular formula is C16H21N3O. The Morgan fingerprint density at radius 1 is 1.25 bits per heavy atom. The van der Waals surface area contributed by atoms with Gasteiger partial charge in [-0.2, -0.15) is 0 Å². The number of pyridine rings is 2. The molecule has 106 valence electrons. The lowest BCUT2D eigenvalue weighted by Gasteiger charge is -2.11. The first kappa shape index (κ1) is 14.5. The molecule has 2 aromatic heterocycles. The molecule has 0 fully saturated rings. The van der Waals surface area contributed by atoms with Gasteiger partial charge in [-0.25, -0.2) is 0 Å². The largest absolute Gasteiger partial charge is 0.491 e. The number of hydrogen-bond acceptors (Lipinski definition) is 4. The average Bonchev–Trinajstić information content (AvgIpc) is 2.48. The average molecular weight is 271 g/mol. The van der Waals surface area contributed by atoms with E-state index in [4.69, 9.17) is 4.74 Å². The number of nitrogens with zero attached hydrogens (tertiary/aromatic N) is 2. The Bertz CT molecular complexity index is 529. The monoisotopic (exact) mass is 271 g/mol. The van der Waals surface area contributed by atoms with Crippen LogP contribution in [0.2, 0.25) is 0 Å². The number of aromatic nitrogens is 2. The maximum absolute atomic E-state index is 5.86. The molecule has 1 N–H and O–H groups in total. The zero-order valence-corrected chi connectivity index (χ0v) is 12.1. The second-order valence-corrected chi connectivity index (χ2v) is 4.64. The van der Waals surface area contributed by atoms with Crippen molar-refractivity contribution in [1.29, 1.82) is 0 Å². The first-order valence-electron chi connectivity index (χ1n) is 6.98. The van der Waals surface area contributed by atoms with Crippen LogP contribution in [-0.4, -0.2) is 23.1 Å². The summed E-state index contributed by atoms with van der Waals surface area (Å²) in [6.07, 6.45) is 4.50. The van der Waals surface area contributed by atoms with Crippen LogP contribution in [-0.2, 0) is 13.0 Å². The molecule has 20 heavy (non-hydrogen) atoms. The van der Waals surface area contributed by atoms with Gasteiger partial charge in [-0.3, -0.25) is 9.97 Å². The quantitative estimate of drug-likeness (QED) is 0.840. The number of ether oxygens (including phenoxy) is 1. The molecule has 0 unspecified atom stereocenters. The summed E-state index contributed by atoms with van der Waals surface area (Å²) in [5, 5.41) is 3.29. The molecule has 0 aliphatic carbocycles. The van der Waals surface area contributed by atoms with Crippen LogP contribution in [0.3, 0.4) is 0 Å². The smallest absolute Gasteiger partial charge is 0.142 e. The van der Waals surface area contributed by atoms with Crippen LogP contribution < -0.4 is 10.1 Å². The van der Waals surface area contributed by atoms with Crippen LogP contribution in [0.25, 0.3) is 0 Å². The Hall–Kier alpha value is -1.94. The van der Waals surface area contributed by atoms with E-state index in [9.17, 15) is 0 Å². The molecule has 0 spiro atoms. The van der Waals surface area contributed by atoms with Crippen molar-refractivity contribution in [3.05, 3.63) is 53.6 Å². The van der Waals surface area contributed by atoms with E-state index in [0.717, 1.165) is 36.6 Å². The van der Waals surface area contributed by atoms with Crippen molar-refractivity contribution in [2.75, 3.05) is 13.2 Å². The molecule has 0 aromatic carbocycles. The fraction of sp³-hybridized carbons (Fsp3) is 0.375. The molecule has 0 saturated heterocycles. The van der Waals surface area contributed by atoms with Crippen LogP contribution in [0.5, 0.6) is 5.75 Å². The van der Waals surface area contributed by atoms with Crippen molar-refractivity contribution in [1.82, 2.24) is 15.3 Å². The van der Waals surface area contributed by atoms with Gasteiger partial charge in [-0.05, 0) is 37.2 Å². The summed E-state index contributed by atoms with van der Waals surface area (Å²) >= 11 is 0. The predicted molar refractivity (Wildman–Crippen MR) is 79.8 cm³/mol. The van der Waals surface area contributed by atoms with E-state index in [1.54, 1.807) is 6.20 Å². The van der Waals surface area contributed by atoms with Crippen molar-refractivity contribution in [3.63, 3.8) is 0 Å². The predicted octanol–water partition coefficient (Wildman–Crippen LogP) is 2.52.